The molecule has 1 N–H and O–H groups in total. The molecule has 0 atom stereocenters. The lowest BCUT2D eigenvalue weighted by molar-refractivity contribution is 0.460. The molecule has 0 spiro atoms. The van der Waals surface area contributed by atoms with Gasteiger partial charge in [-0.15, -0.1) is 0 Å². The minimum absolute atomic E-state index is 0.615. The van der Waals surface area contributed by atoms with E-state index in [1.54, 1.807) is 0 Å². The van der Waals surface area contributed by atoms with Gasteiger partial charge in [-0.3, -0.25) is 0 Å². The van der Waals surface area contributed by atoms with Gasteiger partial charge in [-0.05, 0) is 56.0 Å². The van der Waals surface area contributed by atoms with Crippen molar-refractivity contribution in [3.05, 3.63) is 52.2 Å². The van der Waals surface area contributed by atoms with E-state index in [1.165, 1.54) is 18.4 Å². The van der Waals surface area contributed by atoms with E-state index >= 15 is 0 Å². The number of ether oxygens (including phenoxy) is 1. The molecule has 1 aromatic heterocycles. The van der Waals surface area contributed by atoms with E-state index < -0.39 is 0 Å². The summed E-state index contributed by atoms with van der Waals surface area (Å²) >= 11 is 6.02. The predicted octanol–water partition coefficient (Wildman–Crippen LogP) is 4.40. The highest BCUT2D eigenvalue weighted by molar-refractivity contribution is 6.31. The van der Waals surface area contributed by atoms with Gasteiger partial charge in [-0.1, -0.05) is 17.7 Å². The molecule has 0 saturated heterocycles. The van der Waals surface area contributed by atoms with Gasteiger partial charge in [0, 0.05) is 29.4 Å². The molecule has 1 saturated carbocycles. The molecule has 1 heterocycles. The fraction of sp³-hybridized carbons (Fsp3) is 0.353. The van der Waals surface area contributed by atoms with Crippen molar-refractivity contribution in [3.8, 4) is 11.6 Å². The minimum atomic E-state index is 0.615. The standard InChI is InChI=1S/C17H19ClN2O/c1-11-9-15(6-7-16(11)18)21-17-8-3-13(12(2)20-17)10-19-14-4-5-14/h3,6-9,14,19H,4-5,10H2,1-2H3. The summed E-state index contributed by atoms with van der Waals surface area (Å²) in [6.45, 7) is 4.86. The Bertz CT molecular complexity index is 653. The lowest BCUT2D eigenvalue weighted by atomic mass is 10.2. The Hall–Kier alpha value is -1.58. The Morgan fingerprint density at radius 2 is 2.05 bits per heavy atom. The van der Waals surface area contributed by atoms with Gasteiger partial charge in [-0.2, -0.15) is 0 Å². The van der Waals surface area contributed by atoms with Crippen LogP contribution in [0.25, 0.3) is 0 Å². The number of pyridine rings is 1. The molecule has 21 heavy (non-hydrogen) atoms. The first-order valence-electron chi connectivity index (χ1n) is 7.26. The number of nitrogens with one attached hydrogen (secondary N) is 1. The summed E-state index contributed by atoms with van der Waals surface area (Å²) in [6, 6.07) is 10.3. The molecule has 110 valence electrons. The van der Waals surface area contributed by atoms with Gasteiger partial charge in [0.05, 0.1) is 0 Å². The van der Waals surface area contributed by atoms with E-state index in [9.17, 15) is 0 Å². The predicted molar refractivity (Wildman–Crippen MR) is 85.1 cm³/mol. The topological polar surface area (TPSA) is 34.1 Å². The number of hydrogen-bond acceptors (Lipinski definition) is 3. The fourth-order valence-electron chi connectivity index (χ4n) is 2.15. The lowest BCUT2D eigenvalue weighted by Crippen LogP contribution is -2.16. The highest BCUT2D eigenvalue weighted by Crippen LogP contribution is 2.26. The number of aromatic nitrogens is 1. The molecule has 1 aliphatic carbocycles. The summed E-state index contributed by atoms with van der Waals surface area (Å²) in [5.74, 6) is 1.37. The third-order valence-electron chi connectivity index (χ3n) is 3.68. The van der Waals surface area contributed by atoms with Crippen molar-refractivity contribution in [2.45, 2.75) is 39.3 Å². The molecule has 3 nitrogen and oxygen atoms in total. The summed E-state index contributed by atoms with van der Waals surface area (Å²) in [5.41, 5.74) is 3.23. The summed E-state index contributed by atoms with van der Waals surface area (Å²) in [4.78, 5) is 4.52. The van der Waals surface area contributed by atoms with Gasteiger partial charge >= 0.3 is 0 Å². The Morgan fingerprint density at radius 3 is 2.71 bits per heavy atom. The fourth-order valence-corrected chi connectivity index (χ4v) is 2.27. The average molecular weight is 303 g/mol. The van der Waals surface area contributed by atoms with Crippen LogP contribution in [0, 0.1) is 13.8 Å². The van der Waals surface area contributed by atoms with Crippen LogP contribution in [0.4, 0.5) is 0 Å². The normalized spacial score (nSPS) is 14.2. The number of nitrogens with zero attached hydrogens (tertiary/aromatic N) is 1. The highest BCUT2D eigenvalue weighted by Gasteiger charge is 2.20. The van der Waals surface area contributed by atoms with Crippen LogP contribution in [-0.4, -0.2) is 11.0 Å². The minimum Gasteiger partial charge on any atom is -0.439 e. The number of benzene rings is 1. The van der Waals surface area contributed by atoms with Crippen molar-refractivity contribution < 1.29 is 4.74 Å². The van der Waals surface area contributed by atoms with Crippen LogP contribution >= 0.6 is 11.6 Å². The van der Waals surface area contributed by atoms with Crippen molar-refractivity contribution in [1.82, 2.24) is 10.3 Å². The molecule has 4 heteroatoms. The molecule has 2 aromatic rings. The average Bonchev–Trinajstić information content (AvgIpc) is 3.26. The van der Waals surface area contributed by atoms with Gasteiger partial charge in [0.25, 0.3) is 0 Å². The molecule has 1 aliphatic rings. The van der Waals surface area contributed by atoms with Crippen LogP contribution in [0.2, 0.25) is 5.02 Å². The first kappa shape index (κ1) is 14.4. The van der Waals surface area contributed by atoms with E-state index in [2.05, 4.69) is 16.4 Å². The van der Waals surface area contributed by atoms with E-state index in [0.717, 1.165) is 28.6 Å². The first-order chi connectivity index (χ1) is 10.1. The maximum atomic E-state index is 6.02. The van der Waals surface area contributed by atoms with Gasteiger partial charge in [-0.25, -0.2) is 4.98 Å². The molecule has 0 aliphatic heterocycles. The van der Waals surface area contributed by atoms with Crippen molar-refractivity contribution in [3.63, 3.8) is 0 Å². The number of aryl methyl sites for hydroxylation is 2. The first-order valence-corrected chi connectivity index (χ1v) is 7.63. The number of hydrogen-bond donors (Lipinski definition) is 1. The molecule has 0 amide bonds. The highest BCUT2D eigenvalue weighted by atomic mass is 35.5. The zero-order valence-electron chi connectivity index (χ0n) is 12.3. The van der Waals surface area contributed by atoms with Gasteiger partial charge in [0.15, 0.2) is 0 Å². The van der Waals surface area contributed by atoms with Crippen LogP contribution in [0.15, 0.2) is 30.3 Å². The van der Waals surface area contributed by atoms with Crippen molar-refractivity contribution >= 4 is 11.6 Å². The Morgan fingerprint density at radius 1 is 1.24 bits per heavy atom. The molecule has 1 fully saturated rings. The smallest absolute Gasteiger partial charge is 0.219 e. The third kappa shape index (κ3) is 3.74. The Labute approximate surface area is 130 Å². The third-order valence-corrected chi connectivity index (χ3v) is 4.10. The summed E-state index contributed by atoms with van der Waals surface area (Å²) < 4.78 is 5.80. The quantitative estimate of drug-likeness (QED) is 0.889. The van der Waals surface area contributed by atoms with Crippen molar-refractivity contribution in [2.24, 2.45) is 0 Å². The Kier molecular flexibility index (Phi) is 4.13. The monoisotopic (exact) mass is 302 g/mol. The summed E-state index contributed by atoms with van der Waals surface area (Å²) in [6.07, 6.45) is 2.59. The van der Waals surface area contributed by atoms with Gasteiger partial charge < -0.3 is 10.1 Å². The van der Waals surface area contributed by atoms with Crippen LogP contribution in [0.1, 0.15) is 29.7 Å². The number of halogens is 1. The molecule has 0 bridgehead atoms. The second kappa shape index (κ2) is 6.04. The van der Waals surface area contributed by atoms with Crippen molar-refractivity contribution in [2.75, 3.05) is 0 Å². The molecular formula is C17H19ClN2O. The van der Waals surface area contributed by atoms with E-state index in [0.29, 0.717) is 11.9 Å². The van der Waals surface area contributed by atoms with Crippen molar-refractivity contribution in [1.29, 1.82) is 0 Å². The van der Waals surface area contributed by atoms with Gasteiger partial charge in [0.2, 0.25) is 5.88 Å². The van der Waals surface area contributed by atoms with Crippen LogP contribution in [0.3, 0.4) is 0 Å². The zero-order chi connectivity index (χ0) is 14.8. The summed E-state index contributed by atoms with van der Waals surface area (Å²) in [5, 5.41) is 4.24. The lowest BCUT2D eigenvalue weighted by Gasteiger charge is -2.10. The molecule has 1 aromatic carbocycles. The second-order valence-electron chi connectivity index (χ2n) is 5.56. The number of rotatable bonds is 5. The molecule has 0 unspecified atom stereocenters. The SMILES string of the molecule is Cc1cc(Oc2ccc(CNC3CC3)c(C)n2)ccc1Cl. The Balaban J connectivity index is 1.70. The molecule has 3 rings (SSSR count). The van der Waals surface area contributed by atoms with Crippen LogP contribution in [-0.2, 0) is 6.54 Å². The molecular weight excluding hydrogens is 284 g/mol. The maximum Gasteiger partial charge on any atom is 0.219 e. The van der Waals surface area contributed by atoms with E-state index in [-0.39, 0.29) is 0 Å². The zero-order valence-corrected chi connectivity index (χ0v) is 13.1. The van der Waals surface area contributed by atoms with Gasteiger partial charge in [0.1, 0.15) is 5.75 Å². The van der Waals surface area contributed by atoms with Crippen LogP contribution < -0.4 is 10.1 Å². The van der Waals surface area contributed by atoms with E-state index in [1.807, 2.05) is 38.1 Å². The second-order valence-corrected chi connectivity index (χ2v) is 5.97. The largest absolute Gasteiger partial charge is 0.439 e. The van der Waals surface area contributed by atoms with Crippen LogP contribution in [0.5, 0.6) is 11.6 Å². The summed E-state index contributed by atoms with van der Waals surface area (Å²) in [7, 11) is 0. The van der Waals surface area contributed by atoms with E-state index in [4.69, 9.17) is 16.3 Å². The maximum absolute atomic E-state index is 6.02. The molecule has 0 radical (unpaired) electrons.